The number of nitrogens with two attached hydrogens (primary N) is 2. The number of nitrogens with zero attached hydrogens (tertiary/aromatic N) is 1. The smallest absolute Gasteiger partial charge is 0.404 e. The van der Waals surface area contributed by atoms with Gasteiger partial charge < -0.3 is 47.3 Å². The van der Waals surface area contributed by atoms with Gasteiger partial charge in [0.2, 0.25) is 41.4 Å². The van der Waals surface area contributed by atoms with E-state index in [4.69, 9.17) is 21.3 Å². The van der Waals surface area contributed by atoms with Gasteiger partial charge in [-0.2, -0.15) is 0 Å². The van der Waals surface area contributed by atoms with Gasteiger partial charge in [-0.1, -0.05) is 72.8 Å². The lowest BCUT2D eigenvalue weighted by Gasteiger charge is -2.35. The van der Waals surface area contributed by atoms with Crippen LogP contribution in [0.3, 0.4) is 0 Å². The van der Waals surface area contributed by atoms with Crippen molar-refractivity contribution >= 4 is 49.2 Å². The van der Waals surface area contributed by atoms with Crippen LogP contribution >= 0.6 is 7.82 Å². The van der Waals surface area contributed by atoms with Crippen molar-refractivity contribution in [1.82, 2.24) is 26.2 Å². The Morgan fingerprint density at radius 1 is 0.800 bits per heavy atom. The summed E-state index contributed by atoms with van der Waals surface area (Å²) in [6.45, 7) is 2.51. The average molecular weight is 852 g/mol. The summed E-state index contributed by atoms with van der Waals surface area (Å²) in [5, 5.41) is 20.3. The van der Waals surface area contributed by atoms with Gasteiger partial charge in [-0.3, -0.25) is 43.3 Å². The van der Waals surface area contributed by atoms with Crippen molar-refractivity contribution in [2.24, 2.45) is 11.5 Å². The van der Waals surface area contributed by atoms with Crippen molar-refractivity contribution < 1.29 is 57.5 Å². The molecule has 1 aliphatic heterocycles. The molecule has 0 spiro atoms. The summed E-state index contributed by atoms with van der Waals surface area (Å²) in [4.78, 5) is 112. The number of primary amides is 2. The fraction of sp³-hybridized carbons (Fsp3) is 0.375. The minimum Gasteiger partial charge on any atom is -0.404 e. The lowest BCUT2D eigenvalue weighted by Crippen LogP contribution is -2.60. The average Bonchev–Trinajstić information content (AvgIpc) is 3.68. The number of phosphoric acid groups is 1. The molecule has 3 aromatic rings. The second-order valence-electron chi connectivity index (χ2n) is 14.4. The molecule has 6 atom stereocenters. The molecule has 322 valence electrons. The summed E-state index contributed by atoms with van der Waals surface area (Å²) in [6.07, 6.45) is -1.63. The second-order valence-corrected chi connectivity index (χ2v) is 15.5. The zero-order valence-electron chi connectivity index (χ0n) is 32.9. The van der Waals surface area contributed by atoms with Crippen molar-refractivity contribution in [2.45, 2.75) is 88.2 Å². The van der Waals surface area contributed by atoms with Gasteiger partial charge in [0.15, 0.2) is 0 Å². The molecule has 1 heterocycles. The number of rotatable bonds is 20. The number of nitrogens with one attached hydrogen (secondary N) is 4. The van der Waals surface area contributed by atoms with E-state index >= 15 is 4.79 Å². The zero-order valence-corrected chi connectivity index (χ0v) is 33.8. The largest absolute Gasteiger partial charge is 0.524 e. The van der Waals surface area contributed by atoms with Crippen LogP contribution in [0.4, 0.5) is 0 Å². The monoisotopic (exact) mass is 851 g/mol. The quantitative estimate of drug-likeness (QED) is 0.0657. The predicted molar refractivity (Wildman–Crippen MR) is 215 cm³/mol. The summed E-state index contributed by atoms with van der Waals surface area (Å²) in [7, 11) is -4.84. The van der Waals surface area contributed by atoms with Crippen molar-refractivity contribution in [3.05, 3.63) is 102 Å². The highest BCUT2D eigenvalue weighted by molar-refractivity contribution is 7.46. The molecule has 0 bridgehead atoms. The summed E-state index contributed by atoms with van der Waals surface area (Å²) in [6, 6.07) is 16.4. The molecule has 11 N–H and O–H groups in total. The Kier molecular flexibility index (Phi) is 16.5. The van der Waals surface area contributed by atoms with Gasteiger partial charge in [-0.05, 0) is 55.0 Å². The third-order valence-electron chi connectivity index (χ3n) is 9.73. The first-order valence-electron chi connectivity index (χ1n) is 19.0. The first-order chi connectivity index (χ1) is 28.3. The van der Waals surface area contributed by atoms with Crippen LogP contribution in [-0.4, -0.2) is 104 Å². The second kappa shape index (κ2) is 21.2. The normalized spacial score (nSPS) is 16.4. The third-order valence-corrected chi connectivity index (χ3v) is 10.2. The molecule has 0 unspecified atom stereocenters. The minimum absolute atomic E-state index is 0.0711. The maximum atomic E-state index is 15.0. The van der Waals surface area contributed by atoms with Crippen molar-refractivity contribution in [3.63, 3.8) is 0 Å². The van der Waals surface area contributed by atoms with Crippen molar-refractivity contribution in [3.8, 4) is 5.75 Å². The SMILES string of the molecule is CC(=O)N[C@@H](Cc1ccc(OP(=O)(O)O)cc1)C(=O)N[C@H](C(=O)N1CCC[C@H]1C(=O)N[C@@H](CCC(N)=O)C(=O)N[C@H](C(N)=O)[C@@H](C)O)C(c1ccccc1)c1ccccc1. The van der Waals surface area contributed by atoms with Gasteiger partial charge in [-0.25, -0.2) is 4.57 Å². The highest BCUT2D eigenvalue weighted by atomic mass is 31.2. The van der Waals surface area contributed by atoms with Crippen LogP contribution in [0.5, 0.6) is 5.75 Å². The van der Waals surface area contributed by atoms with Gasteiger partial charge in [0.25, 0.3) is 0 Å². The van der Waals surface area contributed by atoms with Gasteiger partial charge >= 0.3 is 7.82 Å². The van der Waals surface area contributed by atoms with E-state index in [1.807, 2.05) is 0 Å². The molecular weight excluding hydrogens is 801 g/mol. The Labute approximate surface area is 345 Å². The van der Waals surface area contributed by atoms with Crippen molar-refractivity contribution in [2.75, 3.05) is 6.54 Å². The number of likely N-dealkylation sites (tertiary alicyclic amines) is 1. The van der Waals surface area contributed by atoms with Crippen LogP contribution in [0.2, 0.25) is 0 Å². The van der Waals surface area contributed by atoms with Crippen LogP contribution < -0.4 is 37.3 Å². The third kappa shape index (κ3) is 13.5. The Morgan fingerprint density at radius 3 is 1.85 bits per heavy atom. The number of aliphatic hydroxyl groups is 1. The lowest BCUT2D eigenvalue weighted by molar-refractivity contribution is -0.143. The van der Waals surface area contributed by atoms with E-state index in [1.165, 1.54) is 43.0 Å². The summed E-state index contributed by atoms with van der Waals surface area (Å²) in [5.74, 6) is -6.50. The fourth-order valence-electron chi connectivity index (χ4n) is 6.94. The fourth-order valence-corrected chi connectivity index (χ4v) is 7.34. The summed E-state index contributed by atoms with van der Waals surface area (Å²) >= 11 is 0. The number of carbonyl (C=O) groups excluding carboxylic acids is 7. The Bertz CT molecular complexity index is 2010. The molecule has 7 amide bonds. The summed E-state index contributed by atoms with van der Waals surface area (Å²) in [5.41, 5.74) is 12.4. The van der Waals surface area contributed by atoms with E-state index in [1.54, 1.807) is 60.7 Å². The maximum absolute atomic E-state index is 15.0. The first-order valence-corrected chi connectivity index (χ1v) is 20.6. The molecule has 4 rings (SSSR count). The highest BCUT2D eigenvalue weighted by Gasteiger charge is 2.43. The summed E-state index contributed by atoms with van der Waals surface area (Å²) < 4.78 is 15.9. The number of amides is 7. The molecule has 1 aliphatic rings. The van der Waals surface area contributed by atoms with E-state index in [9.17, 15) is 38.4 Å². The first kappa shape index (κ1) is 46.5. The molecule has 60 heavy (non-hydrogen) atoms. The Hall–Kier alpha value is -6.14. The van der Waals surface area contributed by atoms with Gasteiger partial charge in [-0.15, -0.1) is 0 Å². The van der Waals surface area contributed by atoms with Gasteiger partial charge in [0, 0.05) is 32.2 Å². The maximum Gasteiger partial charge on any atom is 0.524 e. The number of phosphoric ester groups is 1. The predicted octanol–water partition coefficient (Wildman–Crippen LogP) is -0.386. The number of hydrogen-bond donors (Lipinski definition) is 9. The standard InChI is InChI=1S/C40H50N7O12P/c1-23(48)34(36(42)51)45-37(52)29(19-20-32(41)50)44-39(54)31-14-9-21-47(31)40(55)35(33(26-10-5-3-6-11-26)27-12-7-4-8-13-27)46-38(53)30(43-24(2)49)22-25-15-17-28(18-16-25)59-60(56,57)58/h3-8,10-13,15-18,23,29-31,33-35,48H,9,14,19-22H2,1-2H3,(H2,41,50)(H2,42,51)(H,43,49)(H,44,54)(H,45,52)(H,46,53)(H2,56,57,58)/t23-,29+,30+,31+,34+,35+/m1/s1. The number of hydrogen-bond acceptors (Lipinski definition) is 10. The van der Waals surface area contributed by atoms with Crippen LogP contribution in [0.25, 0.3) is 0 Å². The molecule has 0 aromatic heterocycles. The van der Waals surface area contributed by atoms with Crippen molar-refractivity contribution in [1.29, 1.82) is 0 Å². The molecule has 20 heteroatoms. The van der Waals surface area contributed by atoms with Crippen LogP contribution in [-0.2, 0) is 44.5 Å². The van der Waals surface area contributed by atoms with Gasteiger partial charge in [0.05, 0.1) is 6.10 Å². The lowest BCUT2D eigenvalue weighted by atomic mass is 9.84. The van der Waals surface area contributed by atoms with Gasteiger partial charge in [0.1, 0.15) is 36.0 Å². The van der Waals surface area contributed by atoms with E-state index in [0.717, 1.165) is 0 Å². The number of aliphatic hydroxyl groups excluding tert-OH is 1. The molecule has 0 radical (unpaired) electrons. The van der Waals surface area contributed by atoms with E-state index in [0.29, 0.717) is 23.1 Å². The molecule has 1 fully saturated rings. The molecule has 0 aliphatic carbocycles. The number of benzene rings is 3. The van der Waals surface area contributed by atoms with Crippen LogP contribution in [0, 0.1) is 0 Å². The zero-order chi connectivity index (χ0) is 44.1. The molecule has 1 saturated heterocycles. The minimum atomic E-state index is -4.84. The van der Waals surface area contributed by atoms with E-state index < -0.39 is 91.4 Å². The van der Waals surface area contributed by atoms with Crippen LogP contribution in [0.15, 0.2) is 84.9 Å². The van der Waals surface area contributed by atoms with E-state index in [2.05, 4.69) is 25.8 Å². The molecular formula is C40H50N7O12P. The van der Waals surface area contributed by atoms with E-state index in [-0.39, 0.29) is 38.0 Å². The Morgan fingerprint density at radius 2 is 1.35 bits per heavy atom. The molecule has 19 nitrogen and oxygen atoms in total. The topological polar surface area (TPSA) is 310 Å². The highest BCUT2D eigenvalue weighted by Crippen LogP contribution is 2.37. The molecule has 3 aromatic carbocycles. The number of carbonyl (C=O) groups is 7. The Balaban J connectivity index is 1.70. The molecule has 0 saturated carbocycles. The van der Waals surface area contributed by atoms with Crippen LogP contribution in [0.1, 0.15) is 62.1 Å².